The van der Waals surface area contributed by atoms with Gasteiger partial charge in [0, 0.05) is 32.0 Å². The molecule has 0 amide bonds. The van der Waals surface area contributed by atoms with Gasteiger partial charge in [-0.2, -0.15) is 0 Å². The van der Waals surface area contributed by atoms with Gasteiger partial charge in [0.1, 0.15) is 0 Å². The Morgan fingerprint density at radius 2 is 1.95 bits per heavy atom. The van der Waals surface area contributed by atoms with E-state index in [9.17, 15) is 14.7 Å². The SMILES string of the molecule is COCCOCCCCn1c(C)c(C(=O)O)c(C)cc1=O. The van der Waals surface area contributed by atoms with Gasteiger partial charge in [0.2, 0.25) is 0 Å². The van der Waals surface area contributed by atoms with Crippen molar-refractivity contribution in [2.75, 3.05) is 26.9 Å². The zero-order valence-corrected chi connectivity index (χ0v) is 12.8. The van der Waals surface area contributed by atoms with Crippen LogP contribution in [-0.4, -0.2) is 42.6 Å². The molecule has 0 bridgehead atoms. The summed E-state index contributed by atoms with van der Waals surface area (Å²) in [7, 11) is 1.62. The van der Waals surface area contributed by atoms with Gasteiger partial charge in [-0.25, -0.2) is 4.79 Å². The summed E-state index contributed by atoms with van der Waals surface area (Å²) in [6.45, 7) is 5.55. The summed E-state index contributed by atoms with van der Waals surface area (Å²) in [6.07, 6.45) is 1.57. The van der Waals surface area contributed by atoms with Crippen LogP contribution in [0.3, 0.4) is 0 Å². The molecule has 6 heteroatoms. The Hall–Kier alpha value is -1.66. The molecule has 0 saturated carbocycles. The number of carbonyl (C=O) groups is 1. The quantitative estimate of drug-likeness (QED) is 0.701. The Labute approximate surface area is 124 Å². The summed E-state index contributed by atoms with van der Waals surface area (Å²) in [4.78, 5) is 23.2. The molecule has 21 heavy (non-hydrogen) atoms. The standard InChI is InChI=1S/C15H23NO5/c1-11-10-13(17)16(12(2)14(11)15(18)19)6-4-5-7-21-9-8-20-3/h10H,4-9H2,1-3H3,(H,18,19). The van der Waals surface area contributed by atoms with Crippen molar-refractivity contribution in [3.05, 3.63) is 33.2 Å². The molecule has 1 aromatic rings. The van der Waals surface area contributed by atoms with E-state index in [0.29, 0.717) is 37.6 Å². The number of hydrogen-bond acceptors (Lipinski definition) is 4. The molecule has 1 rings (SSSR count). The first-order valence-electron chi connectivity index (χ1n) is 7.00. The van der Waals surface area contributed by atoms with E-state index >= 15 is 0 Å². The molecule has 1 heterocycles. The summed E-state index contributed by atoms with van der Waals surface area (Å²) in [5.74, 6) is -0.998. The number of ether oxygens (including phenoxy) is 2. The van der Waals surface area contributed by atoms with Gasteiger partial charge in [-0.1, -0.05) is 0 Å². The second-order valence-corrected chi connectivity index (χ2v) is 4.90. The van der Waals surface area contributed by atoms with Crippen LogP contribution in [0.25, 0.3) is 0 Å². The zero-order valence-electron chi connectivity index (χ0n) is 12.8. The Kier molecular flexibility index (Phi) is 7.11. The maximum Gasteiger partial charge on any atom is 0.337 e. The van der Waals surface area contributed by atoms with E-state index in [1.807, 2.05) is 0 Å². The van der Waals surface area contributed by atoms with Crippen LogP contribution in [0, 0.1) is 13.8 Å². The van der Waals surface area contributed by atoms with E-state index in [-0.39, 0.29) is 11.1 Å². The van der Waals surface area contributed by atoms with Gasteiger partial charge in [-0.3, -0.25) is 4.79 Å². The highest BCUT2D eigenvalue weighted by atomic mass is 16.5. The van der Waals surface area contributed by atoms with Crippen molar-refractivity contribution < 1.29 is 19.4 Å². The number of unbranched alkanes of at least 4 members (excludes halogenated alkanes) is 1. The molecule has 0 atom stereocenters. The lowest BCUT2D eigenvalue weighted by molar-refractivity contribution is 0.0681. The zero-order chi connectivity index (χ0) is 15.8. The molecule has 0 fully saturated rings. The second kappa shape index (κ2) is 8.59. The fourth-order valence-electron chi connectivity index (χ4n) is 2.24. The summed E-state index contributed by atoms with van der Waals surface area (Å²) < 4.78 is 11.7. The van der Waals surface area contributed by atoms with Crippen LogP contribution >= 0.6 is 0 Å². The molecule has 0 unspecified atom stereocenters. The highest BCUT2D eigenvalue weighted by Crippen LogP contribution is 2.11. The first kappa shape index (κ1) is 17.4. The van der Waals surface area contributed by atoms with Crippen molar-refractivity contribution in [1.29, 1.82) is 0 Å². The van der Waals surface area contributed by atoms with E-state index in [0.717, 1.165) is 12.8 Å². The maximum atomic E-state index is 12.0. The van der Waals surface area contributed by atoms with Crippen LogP contribution in [0.15, 0.2) is 10.9 Å². The Morgan fingerprint density at radius 1 is 1.24 bits per heavy atom. The van der Waals surface area contributed by atoms with Crippen LogP contribution in [-0.2, 0) is 16.0 Å². The Balaban J connectivity index is 2.61. The van der Waals surface area contributed by atoms with Crippen molar-refractivity contribution in [3.8, 4) is 0 Å². The van der Waals surface area contributed by atoms with Crippen molar-refractivity contribution in [2.45, 2.75) is 33.2 Å². The second-order valence-electron chi connectivity index (χ2n) is 4.90. The molecule has 0 aliphatic carbocycles. The summed E-state index contributed by atoms with van der Waals surface area (Å²) in [5.41, 5.74) is 1.07. The third kappa shape index (κ3) is 4.99. The van der Waals surface area contributed by atoms with Gasteiger partial charge in [-0.05, 0) is 32.3 Å². The predicted molar refractivity (Wildman–Crippen MR) is 79.1 cm³/mol. The number of aryl methyl sites for hydroxylation is 1. The van der Waals surface area contributed by atoms with E-state index in [1.54, 1.807) is 21.0 Å². The minimum absolute atomic E-state index is 0.157. The van der Waals surface area contributed by atoms with Crippen LogP contribution in [0.4, 0.5) is 0 Å². The fourth-order valence-corrected chi connectivity index (χ4v) is 2.24. The Morgan fingerprint density at radius 3 is 2.57 bits per heavy atom. The molecule has 0 aromatic carbocycles. The number of nitrogens with zero attached hydrogens (tertiary/aromatic N) is 1. The molecule has 6 nitrogen and oxygen atoms in total. The van der Waals surface area contributed by atoms with E-state index in [1.165, 1.54) is 10.6 Å². The van der Waals surface area contributed by atoms with Gasteiger partial charge >= 0.3 is 5.97 Å². The van der Waals surface area contributed by atoms with Gasteiger partial charge in [0.05, 0.1) is 18.8 Å². The van der Waals surface area contributed by atoms with Crippen molar-refractivity contribution in [2.24, 2.45) is 0 Å². The van der Waals surface area contributed by atoms with E-state index < -0.39 is 5.97 Å². The van der Waals surface area contributed by atoms with Crippen molar-refractivity contribution >= 4 is 5.97 Å². The number of hydrogen-bond donors (Lipinski definition) is 1. The molecule has 118 valence electrons. The predicted octanol–water partition coefficient (Wildman–Crippen LogP) is 1.61. The lowest BCUT2D eigenvalue weighted by Gasteiger charge is -2.14. The van der Waals surface area contributed by atoms with E-state index in [2.05, 4.69) is 0 Å². The Bertz CT molecular complexity index is 536. The molecular weight excluding hydrogens is 274 g/mol. The minimum atomic E-state index is -0.998. The van der Waals surface area contributed by atoms with E-state index in [4.69, 9.17) is 9.47 Å². The number of aromatic nitrogens is 1. The van der Waals surface area contributed by atoms with Gasteiger partial charge < -0.3 is 19.1 Å². The summed E-state index contributed by atoms with van der Waals surface area (Å²) in [6, 6.07) is 1.38. The van der Waals surface area contributed by atoms with Crippen LogP contribution < -0.4 is 5.56 Å². The molecule has 0 aliphatic rings. The first-order valence-corrected chi connectivity index (χ1v) is 7.00. The third-order valence-electron chi connectivity index (χ3n) is 3.33. The number of rotatable bonds is 9. The molecule has 0 aliphatic heterocycles. The number of carboxylic acids is 1. The minimum Gasteiger partial charge on any atom is -0.478 e. The fraction of sp³-hybridized carbons (Fsp3) is 0.600. The lowest BCUT2D eigenvalue weighted by Crippen LogP contribution is -2.25. The molecular formula is C15H23NO5. The number of pyridine rings is 1. The molecule has 1 aromatic heterocycles. The van der Waals surface area contributed by atoms with Crippen molar-refractivity contribution in [3.63, 3.8) is 0 Å². The number of carboxylic acid groups (broad SMARTS) is 1. The number of aromatic carboxylic acids is 1. The molecule has 0 saturated heterocycles. The molecule has 0 radical (unpaired) electrons. The average molecular weight is 297 g/mol. The average Bonchev–Trinajstić information content (AvgIpc) is 2.40. The van der Waals surface area contributed by atoms with Gasteiger partial charge in [0.25, 0.3) is 5.56 Å². The van der Waals surface area contributed by atoms with Gasteiger partial charge in [0.15, 0.2) is 0 Å². The highest BCUT2D eigenvalue weighted by Gasteiger charge is 2.15. The topological polar surface area (TPSA) is 77.8 Å². The monoisotopic (exact) mass is 297 g/mol. The first-order chi connectivity index (χ1) is 9.99. The lowest BCUT2D eigenvalue weighted by atomic mass is 10.1. The van der Waals surface area contributed by atoms with Crippen molar-refractivity contribution in [1.82, 2.24) is 4.57 Å². The summed E-state index contributed by atoms with van der Waals surface area (Å²) in [5, 5.41) is 9.21. The molecule has 1 N–H and O–H groups in total. The third-order valence-corrected chi connectivity index (χ3v) is 3.33. The normalized spacial score (nSPS) is 10.8. The van der Waals surface area contributed by atoms with Gasteiger partial charge in [-0.15, -0.1) is 0 Å². The number of methoxy groups -OCH3 is 1. The van der Waals surface area contributed by atoms with Crippen LogP contribution in [0.5, 0.6) is 0 Å². The highest BCUT2D eigenvalue weighted by molar-refractivity contribution is 5.90. The largest absolute Gasteiger partial charge is 0.478 e. The smallest absolute Gasteiger partial charge is 0.337 e. The summed E-state index contributed by atoms with van der Waals surface area (Å²) >= 11 is 0. The molecule has 0 spiro atoms. The van der Waals surface area contributed by atoms with Crippen LogP contribution in [0.1, 0.15) is 34.5 Å². The van der Waals surface area contributed by atoms with Crippen LogP contribution in [0.2, 0.25) is 0 Å². The maximum absolute atomic E-state index is 12.0.